The molecule has 2 aromatic carbocycles. The quantitative estimate of drug-likeness (QED) is 0.819. The fourth-order valence-corrected chi connectivity index (χ4v) is 3.99. The first kappa shape index (κ1) is 21.1. The Kier molecular flexibility index (Phi) is 5.82. The molecule has 2 aromatic rings. The lowest BCUT2D eigenvalue weighted by molar-refractivity contribution is 0.102. The van der Waals surface area contributed by atoms with Gasteiger partial charge in [0, 0.05) is 16.8 Å². The summed E-state index contributed by atoms with van der Waals surface area (Å²) in [5.41, 5.74) is 1.51. The van der Waals surface area contributed by atoms with Crippen molar-refractivity contribution in [2.24, 2.45) is 0 Å². The molecule has 0 aromatic heterocycles. The monoisotopic (exact) mass is 388 g/mol. The van der Waals surface area contributed by atoms with Gasteiger partial charge in [0.25, 0.3) is 5.91 Å². The largest absolute Gasteiger partial charge is 0.322 e. The SMILES string of the molecule is CC(C)(C)NS(=O)(=O)c1cccc(NC(=O)c2ccc(C(C)(C)C)cc2)c1. The van der Waals surface area contributed by atoms with Crippen molar-refractivity contribution in [1.29, 1.82) is 0 Å². The van der Waals surface area contributed by atoms with Crippen LogP contribution in [-0.2, 0) is 15.4 Å². The van der Waals surface area contributed by atoms with Crippen molar-refractivity contribution in [3.05, 3.63) is 59.7 Å². The summed E-state index contributed by atoms with van der Waals surface area (Å²) in [4.78, 5) is 12.6. The molecule has 0 aliphatic rings. The second kappa shape index (κ2) is 7.44. The van der Waals surface area contributed by atoms with Gasteiger partial charge in [-0.3, -0.25) is 4.79 Å². The molecule has 0 aliphatic heterocycles. The normalized spacial score (nSPS) is 12.7. The zero-order valence-corrected chi connectivity index (χ0v) is 17.6. The number of sulfonamides is 1. The molecule has 0 heterocycles. The number of rotatable bonds is 4. The minimum absolute atomic E-state index is 0.0117. The van der Waals surface area contributed by atoms with Crippen LogP contribution in [-0.4, -0.2) is 19.9 Å². The van der Waals surface area contributed by atoms with Gasteiger partial charge in [0.2, 0.25) is 10.0 Å². The summed E-state index contributed by atoms with van der Waals surface area (Å²) < 4.78 is 27.5. The zero-order valence-electron chi connectivity index (χ0n) is 16.8. The summed E-state index contributed by atoms with van der Waals surface area (Å²) in [6.45, 7) is 11.7. The summed E-state index contributed by atoms with van der Waals surface area (Å²) in [7, 11) is -3.66. The third-order valence-electron chi connectivity index (χ3n) is 3.86. The van der Waals surface area contributed by atoms with Crippen LogP contribution in [0, 0.1) is 0 Å². The number of carbonyl (C=O) groups is 1. The summed E-state index contributed by atoms with van der Waals surface area (Å²) in [5, 5.41) is 2.76. The molecule has 6 heteroatoms. The first-order valence-electron chi connectivity index (χ1n) is 8.84. The van der Waals surface area contributed by atoms with E-state index in [1.165, 1.54) is 12.1 Å². The Balaban J connectivity index is 2.20. The number of hydrogen-bond donors (Lipinski definition) is 2. The van der Waals surface area contributed by atoms with Gasteiger partial charge in [-0.25, -0.2) is 13.1 Å². The van der Waals surface area contributed by atoms with Crippen LogP contribution in [0.2, 0.25) is 0 Å². The zero-order chi connectivity index (χ0) is 20.5. The van der Waals surface area contributed by atoms with E-state index in [1.54, 1.807) is 45.0 Å². The van der Waals surface area contributed by atoms with Crippen molar-refractivity contribution in [1.82, 2.24) is 4.72 Å². The average molecular weight is 389 g/mol. The van der Waals surface area contributed by atoms with Crippen LogP contribution in [0.3, 0.4) is 0 Å². The molecular formula is C21H28N2O3S. The minimum Gasteiger partial charge on any atom is -0.322 e. The highest BCUT2D eigenvalue weighted by atomic mass is 32.2. The van der Waals surface area contributed by atoms with E-state index in [2.05, 4.69) is 30.8 Å². The number of benzene rings is 2. The number of anilines is 1. The minimum atomic E-state index is -3.66. The van der Waals surface area contributed by atoms with E-state index in [9.17, 15) is 13.2 Å². The average Bonchev–Trinajstić information content (AvgIpc) is 2.52. The summed E-state index contributed by atoms with van der Waals surface area (Å²) in [5.74, 6) is -0.284. The standard InChI is InChI=1S/C21H28N2O3S/c1-20(2,3)16-12-10-15(11-13-16)19(24)22-17-8-7-9-18(14-17)27(25,26)23-21(4,5)6/h7-14,23H,1-6H3,(H,22,24). The predicted molar refractivity (Wildman–Crippen MR) is 110 cm³/mol. The molecule has 0 aliphatic carbocycles. The number of amides is 1. The van der Waals surface area contributed by atoms with Gasteiger partial charge in [0.15, 0.2) is 0 Å². The van der Waals surface area contributed by atoms with Crippen LogP contribution in [0.5, 0.6) is 0 Å². The van der Waals surface area contributed by atoms with Crippen LogP contribution >= 0.6 is 0 Å². The van der Waals surface area contributed by atoms with Crippen molar-refractivity contribution in [3.8, 4) is 0 Å². The third kappa shape index (κ3) is 5.91. The smallest absolute Gasteiger partial charge is 0.255 e. The maximum atomic E-state index is 12.5. The molecule has 146 valence electrons. The van der Waals surface area contributed by atoms with Crippen molar-refractivity contribution in [2.75, 3.05) is 5.32 Å². The Morgan fingerprint density at radius 1 is 0.889 bits per heavy atom. The van der Waals surface area contributed by atoms with Gasteiger partial charge in [0.1, 0.15) is 0 Å². The molecule has 5 nitrogen and oxygen atoms in total. The van der Waals surface area contributed by atoms with E-state index in [4.69, 9.17) is 0 Å². The number of hydrogen-bond acceptors (Lipinski definition) is 3. The molecule has 0 radical (unpaired) electrons. The highest BCUT2D eigenvalue weighted by molar-refractivity contribution is 7.89. The predicted octanol–water partition coefficient (Wildman–Crippen LogP) is 4.31. The number of nitrogens with one attached hydrogen (secondary N) is 2. The Labute approximate surface area is 162 Å². The van der Waals surface area contributed by atoms with Crippen LogP contribution in [0.1, 0.15) is 57.5 Å². The highest BCUT2D eigenvalue weighted by Gasteiger charge is 2.22. The van der Waals surface area contributed by atoms with Crippen LogP contribution in [0.15, 0.2) is 53.4 Å². The second-order valence-electron chi connectivity index (χ2n) is 8.66. The molecular weight excluding hydrogens is 360 g/mol. The Bertz CT molecular complexity index is 919. The Morgan fingerprint density at radius 2 is 1.48 bits per heavy atom. The van der Waals surface area contributed by atoms with Crippen LogP contribution in [0.25, 0.3) is 0 Å². The lowest BCUT2D eigenvalue weighted by Gasteiger charge is -2.20. The van der Waals surface area contributed by atoms with E-state index in [1.807, 2.05) is 12.1 Å². The molecule has 2 rings (SSSR count). The molecule has 0 saturated heterocycles. The van der Waals surface area contributed by atoms with Crippen LogP contribution in [0.4, 0.5) is 5.69 Å². The lowest BCUT2D eigenvalue weighted by atomic mass is 9.87. The lowest BCUT2D eigenvalue weighted by Crippen LogP contribution is -2.40. The molecule has 0 atom stereocenters. The van der Waals surface area contributed by atoms with Gasteiger partial charge in [-0.1, -0.05) is 39.0 Å². The van der Waals surface area contributed by atoms with Crippen molar-refractivity contribution < 1.29 is 13.2 Å². The van der Waals surface area contributed by atoms with Crippen LogP contribution < -0.4 is 10.0 Å². The van der Waals surface area contributed by atoms with Gasteiger partial charge in [-0.15, -0.1) is 0 Å². The fraction of sp³-hybridized carbons (Fsp3) is 0.381. The van der Waals surface area contributed by atoms with Gasteiger partial charge in [-0.05, 0) is 62.1 Å². The first-order valence-corrected chi connectivity index (χ1v) is 10.3. The molecule has 0 unspecified atom stereocenters. The van der Waals surface area contributed by atoms with Gasteiger partial charge < -0.3 is 5.32 Å². The van der Waals surface area contributed by atoms with Crippen molar-refractivity contribution >= 4 is 21.6 Å². The highest BCUT2D eigenvalue weighted by Crippen LogP contribution is 2.23. The fourth-order valence-electron chi connectivity index (χ4n) is 2.53. The Hall–Kier alpha value is -2.18. The van der Waals surface area contributed by atoms with Gasteiger partial charge in [-0.2, -0.15) is 0 Å². The van der Waals surface area contributed by atoms with E-state index in [0.717, 1.165) is 5.56 Å². The van der Waals surface area contributed by atoms with E-state index in [0.29, 0.717) is 11.3 Å². The number of carbonyl (C=O) groups excluding carboxylic acids is 1. The summed E-state index contributed by atoms with van der Waals surface area (Å²) in [6, 6.07) is 13.6. The summed E-state index contributed by atoms with van der Waals surface area (Å²) >= 11 is 0. The first-order chi connectivity index (χ1) is 12.3. The second-order valence-corrected chi connectivity index (χ2v) is 10.3. The summed E-state index contributed by atoms with van der Waals surface area (Å²) in [6.07, 6.45) is 0. The van der Waals surface area contributed by atoms with Gasteiger partial charge in [0.05, 0.1) is 4.90 Å². The molecule has 2 N–H and O–H groups in total. The Morgan fingerprint density at radius 3 is 2.00 bits per heavy atom. The van der Waals surface area contributed by atoms with Crippen molar-refractivity contribution in [2.45, 2.75) is 57.4 Å². The molecule has 0 spiro atoms. The van der Waals surface area contributed by atoms with Gasteiger partial charge >= 0.3 is 0 Å². The topological polar surface area (TPSA) is 75.3 Å². The third-order valence-corrected chi connectivity index (χ3v) is 5.61. The molecule has 0 bridgehead atoms. The maximum absolute atomic E-state index is 12.5. The van der Waals surface area contributed by atoms with E-state index >= 15 is 0 Å². The van der Waals surface area contributed by atoms with Crippen molar-refractivity contribution in [3.63, 3.8) is 0 Å². The molecule has 1 amide bonds. The maximum Gasteiger partial charge on any atom is 0.255 e. The van der Waals surface area contributed by atoms with E-state index in [-0.39, 0.29) is 16.2 Å². The molecule has 0 fully saturated rings. The van der Waals surface area contributed by atoms with E-state index < -0.39 is 15.6 Å². The molecule has 0 saturated carbocycles. The molecule has 27 heavy (non-hydrogen) atoms.